The maximum atomic E-state index is 11.9. The molecule has 0 saturated heterocycles. The number of hydrogen-bond acceptors (Lipinski definition) is 6. The Balaban J connectivity index is 1.61. The summed E-state index contributed by atoms with van der Waals surface area (Å²) in [5.41, 5.74) is 2.83. The first-order chi connectivity index (χ1) is 12.0. The first kappa shape index (κ1) is 18.9. The van der Waals surface area contributed by atoms with Gasteiger partial charge in [-0.3, -0.25) is 14.6 Å². The van der Waals surface area contributed by atoms with E-state index in [1.807, 2.05) is 31.2 Å². The number of nitrogens with one attached hydrogen (secondary N) is 1. The number of benzene rings is 1. The van der Waals surface area contributed by atoms with Crippen LogP contribution in [0.25, 0.3) is 0 Å². The first-order valence-electron chi connectivity index (χ1n) is 8.08. The summed E-state index contributed by atoms with van der Waals surface area (Å²) in [5.74, 6) is 0.0304. The Bertz CT molecular complexity index is 688. The molecule has 1 unspecified atom stereocenters. The van der Waals surface area contributed by atoms with E-state index >= 15 is 0 Å². The zero-order chi connectivity index (χ0) is 18.1. The molecule has 0 aliphatic carbocycles. The number of nitrogens with zero attached hydrogens (tertiary/aromatic N) is 1. The monoisotopic (exact) mass is 362 g/mol. The molecule has 25 heavy (non-hydrogen) atoms. The highest BCUT2D eigenvalue weighted by Gasteiger charge is 2.17. The highest BCUT2D eigenvalue weighted by atomic mass is 32.1. The molecule has 0 fully saturated rings. The SMILES string of the molecule is Cc1cccc(OCCNC(=O)C(C)OC(=O)CCc2cncs2)c1. The van der Waals surface area contributed by atoms with Crippen molar-refractivity contribution in [3.63, 3.8) is 0 Å². The van der Waals surface area contributed by atoms with Gasteiger partial charge in [-0.1, -0.05) is 12.1 Å². The molecule has 1 aromatic heterocycles. The smallest absolute Gasteiger partial charge is 0.306 e. The molecule has 0 aliphatic heterocycles. The molecule has 0 bridgehead atoms. The average Bonchev–Trinajstić information content (AvgIpc) is 3.10. The van der Waals surface area contributed by atoms with Gasteiger partial charge in [-0.15, -0.1) is 11.3 Å². The zero-order valence-corrected chi connectivity index (χ0v) is 15.2. The summed E-state index contributed by atoms with van der Waals surface area (Å²) in [6.07, 6.45) is 1.70. The number of carbonyl (C=O) groups excluding carboxylic acids is 2. The van der Waals surface area contributed by atoms with Gasteiger partial charge < -0.3 is 14.8 Å². The van der Waals surface area contributed by atoms with Gasteiger partial charge >= 0.3 is 5.97 Å². The number of thiazole rings is 1. The number of rotatable bonds is 9. The van der Waals surface area contributed by atoms with Gasteiger partial charge in [0.15, 0.2) is 6.10 Å². The normalized spacial score (nSPS) is 11.6. The second kappa shape index (κ2) is 9.78. The molecule has 1 aromatic carbocycles. The number of aromatic nitrogens is 1. The van der Waals surface area contributed by atoms with Crippen LogP contribution < -0.4 is 10.1 Å². The van der Waals surface area contributed by atoms with E-state index in [9.17, 15) is 9.59 Å². The summed E-state index contributed by atoms with van der Waals surface area (Å²) in [5, 5.41) is 2.69. The lowest BCUT2D eigenvalue weighted by Gasteiger charge is -2.14. The van der Waals surface area contributed by atoms with Crippen molar-refractivity contribution in [3.05, 3.63) is 46.4 Å². The molecule has 1 N–H and O–H groups in total. The summed E-state index contributed by atoms with van der Waals surface area (Å²) in [6.45, 7) is 4.23. The Kier molecular flexibility index (Phi) is 7.40. The van der Waals surface area contributed by atoms with Gasteiger partial charge in [0.25, 0.3) is 5.91 Å². The summed E-state index contributed by atoms with van der Waals surface area (Å²) >= 11 is 1.49. The fourth-order valence-electron chi connectivity index (χ4n) is 2.09. The molecule has 2 rings (SSSR count). The Morgan fingerprint density at radius 2 is 2.20 bits per heavy atom. The van der Waals surface area contributed by atoms with Crippen LogP contribution in [0.5, 0.6) is 5.75 Å². The van der Waals surface area contributed by atoms with Crippen molar-refractivity contribution in [2.75, 3.05) is 13.2 Å². The quantitative estimate of drug-likeness (QED) is 0.548. The van der Waals surface area contributed by atoms with Gasteiger partial charge in [-0.25, -0.2) is 0 Å². The number of esters is 1. The van der Waals surface area contributed by atoms with Gasteiger partial charge in [0, 0.05) is 11.1 Å². The molecule has 0 saturated carbocycles. The van der Waals surface area contributed by atoms with Crippen LogP contribution in [-0.4, -0.2) is 36.1 Å². The summed E-state index contributed by atoms with van der Waals surface area (Å²) in [6, 6.07) is 7.69. The van der Waals surface area contributed by atoms with Crippen molar-refractivity contribution < 1.29 is 19.1 Å². The number of amides is 1. The van der Waals surface area contributed by atoms with E-state index in [0.717, 1.165) is 16.2 Å². The largest absolute Gasteiger partial charge is 0.492 e. The Morgan fingerprint density at radius 1 is 1.36 bits per heavy atom. The van der Waals surface area contributed by atoms with Crippen LogP contribution in [0, 0.1) is 6.92 Å². The van der Waals surface area contributed by atoms with E-state index in [-0.39, 0.29) is 12.3 Å². The third-order valence-corrected chi connectivity index (χ3v) is 4.24. The van der Waals surface area contributed by atoms with Crippen LogP contribution in [0.2, 0.25) is 0 Å². The van der Waals surface area contributed by atoms with Crippen molar-refractivity contribution in [1.29, 1.82) is 0 Å². The lowest BCUT2D eigenvalue weighted by molar-refractivity contribution is -0.154. The molecular formula is C18H22N2O4S. The standard InChI is InChI=1S/C18H22N2O4S/c1-13-4-3-5-15(10-13)23-9-8-20-18(22)14(2)24-17(21)7-6-16-11-19-12-25-16/h3-5,10-12,14H,6-9H2,1-2H3,(H,20,22). The number of hydrogen-bond donors (Lipinski definition) is 1. The molecule has 1 heterocycles. The van der Waals surface area contributed by atoms with Crippen molar-refractivity contribution in [3.8, 4) is 5.75 Å². The molecule has 0 spiro atoms. The van der Waals surface area contributed by atoms with E-state index in [0.29, 0.717) is 19.6 Å². The van der Waals surface area contributed by atoms with Crippen LogP contribution in [0.1, 0.15) is 23.8 Å². The minimum absolute atomic E-state index is 0.232. The molecule has 0 radical (unpaired) electrons. The van der Waals surface area contributed by atoms with E-state index in [2.05, 4.69) is 10.3 Å². The van der Waals surface area contributed by atoms with Crippen molar-refractivity contribution in [1.82, 2.24) is 10.3 Å². The van der Waals surface area contributed by atoms with Crippen molar-refractivity contribution in [2.45, 2.75) is 32.8 Å². The third kappa shape index (κ3) is 6.93. The fourth-order valence-corrected chi connectivity index (χ4v) is 2.69. The molecule has 7 heteroatoms. The zero-order valence-electron chi connectivity index (χ0n) is 14.4. The van der Waals surface area contributed by atoms with Gasteiger partial charge in [0.05, 0.1) is 18.5 Å². The molecule has 1 amide bonds. The van der Waals surface area contributed by atoms with Crippen LogP contribution in [0.15, 0.2) is 36.0 Å². The summed E-state index contributed by atoms with van der Waals surface area (Å²) < 4.78 is 10.7. The van der Waals surface area contributed by atoms with Crippen LogP contribution in [-0.2, 0) is 20.7 Å². The molecule has 1 atom stereocenters. The van der Waals surface area contributed by atoms with E-state index in [4.69, 9.17) is 9.47 Å². The second-order valence-corrected chi connectivity index (χ2v) is 6.53. The van der Waals surface area contributed by atoms with Crippen LogP contribution in [0.4, 0.5) is 0 Å². The van der Waals surface area contributed by atoms with Gasteiger partial charge in [0.1, 0.15) is 12.4 Å². The van der Waals surface area contributed by atoms with Gasteiger partial charge in [0.2, 0.25) is 0 Å². The number of ether oxygens (including phenoxy) is 2. The minimum atomic E-state index is -0.826. The predicted molar refractivity (Wildman–Crippen MR) is 95.7 cm³/mol. The van der Waals surface area contributed by atoms with Crippen LogP contribution >= 0.6 is 11.3 Å². The fraction of sp³-hybridized carbons (Fsp3) is 0.389. The summed E-state index contributed by atoms with van der Waals surface area (Å²) in [7, 11) is 0. The van der Waals surface area contributed by atoms with Crippen molar-refractivity contribution >= 4 is 23.2 Å². The van der Waals surface area contributed by atoms with Crippen molar-refractivity contribution in [2.24, 2.45) is 0 Å². The Hall–Kier alpha value is -2.41. The van der Waals surface area contributed by atoms with E-state index in [1.54, 1.807) is 18.6 Å². The van der Waals surface area contributed by atoms with E-state index < -0.39 is 12.1 Å². The maximum Gasteiger partial charge on any atom is 0.306 e. The lowest BCUT2D eigenvalue weighted by Crippen LogP contribution is -2.37. The topological polar surface area (TPSA) is 77.5 Å². The molecule has 6 nitrogen and oxygen atoms in total. The third-order valence-electron chi connectivity index (χ3n) is 3.40. The molecule has 134 valence electrons. The Labute approximate surface area is 151 Å². The average molecular weight is 362 g/mol. The second-order valence-electron chi connectivity index (χ2n) is 5.56. The Morgan fingerprint density at radius 3 is 2.92 bits per heavy atom. The first-order valence-corrected chi connectivity index (χ1v) is 8.96. The predicted octanol–water partition coefficient (Wildman–Crippen LogP) is 2.51. The number of aryl methyl sites for hydroxylation is 2. The van der Waals surface area contributed by atoms with Gasteiger partial charge in [-0.2, -0.15) is 0 Å². The van der Waals surface area contributed by atoms with E-state index in [1.165, 1.54) is 11.3 Å². The molecule has 0 aliphatic rings. The number of carbonyl (C=O) groups is 2. The minimum Gasteiger partial charge on any atom is -0.492 e. The highest BCUT2D eigenvalue weighted by molar-refractivity contribution is 7.09. The van der Waals surface area contributed by atoms with Gasteiger partial charge in [-0.05, 0) is 38.0 Å². The lowest BCUT2D eigenvalue weighted by atomic mass is 10.2. The molecule has 2 aromatic rings. The highest BCUT2D eigenvalue weighted by Crippen LogP contribution is 2.12. The van der Waals surface area contributed by atoms with Crippen LogP contribution in [0.3, 0.4) is 0 Å². The molecular weight excluding hydrogens is 340 g/mol. The maximum absolute atomic E-state index is 11.9. The summed E-state index contributed by atoms with van der Waals surface area (Å²) in [4.78, 5) is 28.6.